The minimum atomic E-state index is -3.80. The van der Waals surface area contributed by atoms with Crippen LogP contribution < -0.4 is 10.0 Å². The first-order chi connectivity index (χ1) is 16.6. The third kappa shape index (κ3) is 5.82. The lowest BCUT2D eigenvalue weighted by Gasteiger charge is -2.32. The summed E-state index contributed by atoms with van der Waals surface area (Å²) in [5.41, 5.74) is 1.29. The van der Waals surface area contributed by atoms with Gasteiger partial charge in [0, 0.05) is 16.9 Å². The van der Waals surface area contributed by atoms with Gasteiger partial charge in [-0.1, -0.05) is 47.3 Å². The number of carbonyl (C=O) groups is 3. The minimum absolute atomic E-state index is 0.0121. The molecule has 8 nitrogen and oxygen atoms in total. The van der Waals surface area contributed by atoms with Crippen LogP contribution >= 0.6 is 15.9 Å². The van der Waals surface area contributed by atoms with E-state index in [2.05, 4.69) is 15.9 Å². The Labute approximate surface area is 213 Å². The Hall–Kier alpha value is -2.56. The topological polar surface area (TPSA) is 118 Å². The molecule has 0 bridgehead atoms. The summed E-state index contributed by atoms with van der Waals surface area (Å²) >= 11 is 3.36. The van der Waals surface area contributed by atoms with Crippen molar-refractivity contribution in [3.63, 3.8) is 0 Å². The van der Waals surface area contributed by atoms with Gasteiger partial charge < -0.3 is 4.90 Å². The zero-order chi connectivity index (χ0) is 25.2. The molecule has 1 aliphatic heterocycles. The summed E-state index contributed by atoms with van der Waals surface area (Å²) in [7, 11) is -3.80. The number of benzene rings is 2. The average molecular weight is 562 g/mol. The molecule has 10 heteroatoms. The maximum absolute atomic E-state index is 13.6. The number of imide groups is 1. The standard InChI is InChI=1S/C25H28BrN3O5S/c26-19-8-10-20(11-9-19)29-23(30)16-22(25(29)32)28(24(31)18-4-2-1-3-5-18)15-14-17-6-12-21(13-7-17)35(27,33)34/h6-13,18,22H,1-5,14-16H2,(H2,27,33,34). The Morgan fingerprint density at radius 1 is 1.00 bits per heavy atom. The van der Waals surface area contributed by atoms with Crippen LogP contribution in [0.25, 0.3) is 0 Å². The van der Waals surface area contributed by atoms with Crippen LogP contribution in [0.1, 0.15) is 44.1 Å². The number of carbonyl (C=O) groups excluding carboxylic acids is 3. The van der Waals surface area contributed by atoms with Crippen LogP contribution in [0.15, 0.2) is 57.9 Å². The summed E-state index contributed by atoms with van der Waals surface area (Å²) in [4.78, 5) is 42.6. The van der Waals surface area contributed by atoms with Crippen molar-refractivity contribution in [2.45, 2.75) is 55.9 Å². The molecule has 2 N–H and O–H groups in total. The van der Waals surface area contributed by atoms with E-state index in [9.17, 15) is 22.8 Å². The van der Waals surface area contributed by atoms with Gasteiger partial charge >= 0.3 is 0 Å². The third-order valence-corrected chi connectivity index (χ3v) is 8.17. The van der Waals surface area contributed by atoms with Crippen molar-refractivity contribution in [2.75, 3.05) is 11.4 Å². The smallest absolute Gasteiger partial charge is 0.257 e. The second-order valence-corrected chi connectivity index (χ2v) is 11.5. The van der Waals surface area contributed by atoms with Crippen molar-refractivity contribution in [3.05, 3.63) is 58.6 Å². The Balaban J connectivity index is 1.56. The van der Waals surface area contributed by atoms with Crippen LogP contribution in [0, 0.1) is 5.92 Å². The number of hydrogen-bond acceptors (Lipinski definition) is 5. The summed E-state index contributed by atoms with van der Waals surface area (Å²) < 4.78 is 23.9. The van der Waals surface area contributed by atoms with Crippen LogP contribution in [0.3, 0.4) is 0 Å². The maximum Gasteiger partial charge on any atom is 0.257 e. The number of anilines is 1. The second kappa shape index (κ2) is 10.6. The summed E-state index contributed by atoms with van der Waals surface area (Å²) in [5, 5.41) is 5.17. The average Bonchev–Trinajstić information content (AvgIpc) is 3.13. The molecule has 1 aliphatic carbocycles. The summed E-state index contributed by atoms with van der Waals surface area (Å²) in [6.45, 7) is 0.252. The molecule has 35 heavy (non-hydrogen) atoms. The van der Waals surface area contributed by atoms with Gasteiger partial charge in [0.2, 0.25) is 21.8 Å². The minimum Gasteiger partial charge on any atom is -0.330 e. The molecule has 2 fully saturated rings. The lowest BCUT2D eigenvalue weighted by atomic mass is 9.87. The molecule has 1 unspecified atom stereocenters. The lowest BCUT2D eigenvalue weighted by molar-refractivity contribution is -0.142. The molecular weight excluding hydrogens is 534 g/mol. The molecule has 2 aromatic carbocycles. The quantitative estimate of drug-likeness (QED) is 0.520. The molecule has 1 saturated carbocycles. The van der Waals surface area contributed by atoms with E-state index in [4.69, 9.17) is 5.14 Å². The van der Waals surface area contributed by atoms with Crippen molar-refractivity contribution in [1.29, 1.82) is 0 Å². The maximum atomic E-state index is 13.6. The number of halogens is 1. The summed E-state index contributed by atoms with van der Waals surface area (Å²) in [6.07, 6.45) is 4.96. The van der Waals surface area contributed by atoms with E-state index in [1.165, 1.54) is 17.0 Å². The number of sulfonamides is 1. The molecule has 0 radical (unpaired) electrons. The fraction of sp³-hybridized carbons (Fsp3) is 0.400. The molecule has 4 rings (SSSR count). The zero-order valence-corrected chi connectivity index (χ0v) is 21.6. The fourth-order valence-electron chi connectivity index (χ4n) is 4.82. The lowest BCUT2D eigenvalue weighted by Crippen LogP contribution is -2.48. The van der Waals surface area contributed by atoms with Crippen molar-refractivity contribution >= 4 is 49.4 Å². The molecule has 1 heterocycles. The molecule has 0 spiro atoms. The van der Waals surface area contributed by atoms with Crippen molar-refractivity contribution in [3.8, 4) is 0 Å². The number of nitrogens with zero attached hydrogens (tertiary/aromatic N) is 2. The Bertz CT molecular complexity index is 1210. The number of hydrogen-bond donors (Lipinski definition) is 1. The zero-order valence-electron chi connectivity index (χ0n) is 19.2. The highest BCUT2D eigenvalue weighted by molar-refractivity contribution is 9.10. The predicted octanol–water partition coefficient (Wildman–Crippen LogP) is 3.38. The van der Waals surface area contributed by atoms with Gasteiger partial charge in [-0.15, -0.1) is 0 Å². The normalized spacial score (nSPS) is 19.3. The summed E-state index contributed by atoms with van der Waals surface area (Å²) in [6, 6.07) is 12.2. The van der Waals surface area contributed by atoms with Gasteiger partial charge in [0.15, 0.2) is 0 Å². The number of primary sulfonamides is 1. The van der Waals surface area contributed by atoms with E-state index < -0.39 is 22.0 Å². The van der Waals surface area contributed by atoms with Crippen LogP contribution in [-0.2, 0) is 30.8 Å². The molecular formula is C25H28BrN3O5S. The molecule has 3 amide bonds. The first kappa shape index (κ1) is 25.5. The van der Waals surface area contributed by atoms with Crippen LogP contribution in [0.5, 0.6) is 0 Å². The first-order valence-electron chi connectivity index (χ1n) is 11.7. The van der Waals surface area contributed by atoms with Gasteiger partial charge in [-0.3, -0.25) is 14.4 Å². The van der Waals surface area contributed by atoms with Crippen molar-refractivity contribution < 1.29 is 22.8 Å². The van der Waals surface area contributed by atoms with Gasteiger partial charge in [-0.2, -0.15) is 0 Å². The van der Waals surface area contributed by atoms with Gasteiger partial charge in [0.25, 0.3) is 5.91 Å². The Morgan fingerprint density at radius 2 is 1.63 bits per heavy atom. The van der Waals surface area contributed by atoms with Crippen molar-refractivity contribution in [1.82, 2.24) is 4.90 Å². The Morgan fingerprint density at radius 3 is 2.23 bits per heavy atom. The van der Waals surface area contributed by atoms with Crippen molar-refractivity contribution in [2.24, 2.45) is 11.1 Å². The van der Waals surface area contributed by atoms with Gasteiger partial charge in [-0.05, 0) is 61.2 Å². The molecule has 186 valence electrons. The molecule has 1 saturated heterocycles. The van der Waals surface area contributed by atoms with E-state index in [1.54, 1.807) is 41.3 Å². The molecule has 2 aliphatic rings. The van der Waals surface area contributed by atoms with Crippen LogP contribution in [0.2, 0.25) is 0 Å². The van der Waals surface area contributed by atoms with Crippen LogP contribution in [0.4, 0.5) is 5.69 Å². The number of nitrogens with two attached hydrogens (primary N) is 1. The molecule has 2 aromatic rings. The van der Waals surface area contributed by atoms with E-state index >= 15 is 0 Å². The molecule has 1 atom stereocenters. The second-order valence-electron chi connectivity index (χ2n) is 9.07. The summed E-state index contributed by atoms with van der Waals surface area (Å²) in [5.74, 6) is -0.972. The SMILES string of the molecule is NS(=O)(=O)c1ccc(CCN(C(=O)C2CCCCC2)C2CC(=O)N(c3ccc(Br)cc3)C2=O)cc1. The Kier molecular flexibility index (Phi) is 7.73. The highest BCUT2D eigenvalue weighted by atomic mass is 79.9. The predicted molar refractivity (Wildman–Crippen MR) is 135 cm³/mol. The third-order valence-electron chi connectivity index (χ3n) is 6.71. The van der Waals surface area contributed by atoms with E-state index in [-0.39, 0.29) is 35.6 Å². The largest absolute Gasteiger partial charge is 0.330 e. The van der Waals surface area contributed by atoms with E-state index in [0.717, 1.165) is 42.1 Å². The highest BCUT2D eigenvalue weighted by Gasteiger charge is 2.45. The number of rotatable bonds is 7. The van der Waals surface area contributed by atoms with E-state index in [1.807, 2.05) is 0 Å². The van der Waals surface area contributed by atoms with Gasteiger partial charge in [-0.25, -0.2) is 18.5 Å². The fourth-order valence-corrected chi connectivity index (χ4v) is 5.60. The van der Waals surface area contributed by atoms with Crippen LogP contribution in [-0.4, -0.2) is 43.6 Å². The monoisotopic (exact) mass is 561 g/mol. The molecule has 0 aromatic heterocycles. The van der Waals surface area contributed by atoms with Gasteiger partial charge in [0.1, 0.15) is 6.04 Å². The van der Waals surface area contributed by atoms with E-state index in [0.29, 0.717) is 12.1 Å². The number of amides is 3. The first-order valence-corrected chi connectivity index (χ1v) is 14.0. The van der Waals surface area contributed by atoms with Gasteiger partial charge in [0.05, 0.1) is 17.0 Å². The highest BCUT2D eigenvalue weighted by Crippen LogP contribution is 2.31.